The van der Waals surface area contributed by atoms with E-state index in [9.17, 15) is 8.78 Å². The van der Waals surface area contributed by atoms with Gasteiger partial charge in [0.05, 0.1) is 0 Å². The zero-order valence-electron chi connectivity index (χ0n) is 13.6. The van der Waals surface area contributed by atoms with E-state index in [2.05, 4.69) is 26.1 Å². The van der Waals surface area contributed by atoms with Gasteiger partial charge in [-0.2, -0.15) is 0 Å². The molecule has 1 nitrogen and oxygen atoms in total. The normalized spacial score (nSPS) is 19.8. The molecule has 1 aliphatic rings. The summed E-state index contributed by atoms with van der Waals surface area (Å²) in [6.07, 6.45) is 5.82. The van der Waals surface area contributed by atoms with Crippen molar-refractivity contribution in [2.45, 2.75) is 71.9 Å². The van der Waals surface area contributed by atoms with E-state index in [1.165, 1.54) is 19.3 Å². The van der Waals surface area contributed by atoms with Gasteiger partial charge in [-0.3, -0.25) is 0 Å². The first-order valence-electron chi connectivity index (χ1n) is 8.05. The molecule has 0 heterocycles. The van der Waals surface area contributed by atoms with Crippen molar-refractivity contribution in [1.29, 1.82) is 0 Å². The molecule has 0 aliphatic heterocycles. The SMILES string of the molecule is Cc1cc(C(NC(C)C)C2(C)CCCCC2)c(F)cc1F. The summed E-state index contributed by atoms with van der Waals surface area (Å²) in [7, 11) is 0. The van der Waals surface area contributed by atoms with Crippen molar-refractivity contribution >= 4 is 0 Å². The lowest BCUT2D eigenvalue weighted by molar-refractivity contribution is 0.135. The summed E-state index contributed by atoms with van der Waals surface area (Å²) in [5.74, 6) is -0.892. The number of hydrogen-bond donors (Lipinski definition) is 1. The standard InChI is InChI=1S/C18H27F2N/c1-12(2)21-17(18(4)8-6-5-7-9-18)14-10-13(3)15(19)11-16(14)20/h10-12,17,21H,5-9H2,1-4H3. The second-order valence-electron chi connectivity index (χ2n) is 7.09. The summed E-state index contributed by atoms with van der Waals surface area (Å²) in [6, 6.07) is 2.92. The maximum Gasteiger partial charge on any atom is 0.130 e. The number of aryl methyl sites for hydroxylation is 1. The molecule has 0 saturated heterocycles. The van der Waals surface area contributed by atoms with Crippen LogP contribution in [0.2, 0.25) is 0 Å². The van der Waals surface area contributed by atoms with E-state index >= 15 is 0 Å². The van der Waals surface area contributed by atoms with Crippen LogP contribution in [0.25, 0.3) is 0 Å². The molecule has 1 atom stereocenters. The van der Waals surface area contributed by atoms with Crippen molar-refractivity contribution < 1.29 is 8.78 Å². The van der Waals surface area contributed by atoms with Crippen LogP contribution < -0.4 is 5.32 Å². The fourth-order valence-corrected chi connectivity index (χ4v) is 3.55. The molecule has 0 amide bonds. The molecular formula is C18H27F2N. The summed E-state index contributed by atoms with van der Waals surface area (Å²) in [5, 5.41) is 3.53. The van der Waals surface area contributed by atoms with Gasteiger partial charge in [-0.15, -0.1) is 0 Å². The Balaban J connectivity index is 2.42. The predicted molar refractivity (Wildman–Crippen MR) is 83.3 cm³/mol. The van der Waals surface area contributed by atoms with Gasteiger partial charge in [0.15, 0.2) is 0 Å². The van der Waals surface area contributed by atoms with Gasteiger partial charge < -0.3 is 5.32 Å². The Morgan fingerprint density at radius 2 is 1.67 bits per heavy atom. The third-order valence-electron chi connectivity index (χ3n) is 4.78. The monoisotopic (exact) mass is 295 g/mol. The minimum atomic E-state index is -0.464. The topological polar surface area (TPSA) is 12.0 Å². The molecule has 1 aliphatic carbocycles. The third kappa shape index (κ3) is 3.63. The van der Waals surface area contributed by atoms with Crippen LogP contribution in [-0.2, 0) is 0 Å². The third-order valence-corrected chi connectivity index (χ3v) is 4.78. The second kappa shape index (κ2) is 6.43. The summed E-state index contributed by atoms with van der Waals surface area (Å²) in [5.41, 5.74) is 1.17. The molecule has 1 aromatic rings. The Kier molecular flexibility index (Phi) is 5.03. The Morgan fingerprint density at radius 3 is 2.24 bits per heavy atom. The number of hydrogen-bond acceptors (Lipinski definition) is 1. The van der Waals surface area contributed by atoms with E-state index in [1.54, 1.807) is 13.0 Å². The van der Waals surface area contributed by atoms with Crippen molar-refractivity contribution in [2.24, 2.45) is 5.41 Å². The molecule has 0 spiro atoms. The number of rotatable bonds is 4. The lowest BCUT2D eigenvalue weighted by atomic mass is 9.68. The highest BCUT2D eigenvalue weighted by Crippen LogP contribution is 2.46. The molecule has 1 aromatic carbocycles. The zero-order valence-corrected chi connectivity index (χ0v) is 13.6. The molecule has 0 radical (unpaired) electrons. The summed E-state index contributed by atoms with van der Waals surface area (Å²) >= 11 is 0. The van der Waals surface area contributed by atoms with Crippen LogP contribution in [0, 0.1) is 24.0 Å². The Labute approximate surface area is 127 Å². The second-order valence-corrected chi connectivity index (χ2v) is 7.09. The van der Waals surface area contributed by atoms with Gasteiger partial charge in [0.1, 0.15) is 11.6 Å². The molecule has 1 unspecified atom stereocenters. The number of nitrogens with one attached hydrogen (secondary N) is 1. The van der Waals surface area contributed by atoms with Gasteiger partial charge in [-0.25, -0.2) is 8.78 Å². The van der Waals surface area contributed by atoms with Gasteiger partial charge >= 0.3 is 0 Å². The first-order valence-corrected chi connectivity index (χ1v) is 8.05. The van der Waals surface area contributed by atoms with Crippen LogP contribution in [0.4, 0.5) is 8.78 Å². The molecule has 1 fully saturated rings. The quantitative estimate of drug-likeness (QED) is 0.796. The molecule has 3 heteroatoms. The predicted octanol–water partition coefficient (Wildman–Crippen LogP) is 5.28. The average molecular weight is 295 g/mol. The highest BCUT2D eigenvalue weighted by Gasteiger charge is 2.38. The number of halogens is 2. The molecule has 2 rings (SSSR count). The van der Waals surface area contributed by atoms with Crippen molar-refractivity contribution in [2.75, 3.05) is 0 Å². The summed E-state index contributed by atoms with van der Waals surface area (Å²) in [6.45, 7) is 8.10. The van der Waals surface area contributed by atoms with Gasteiger partial charge in [0.2, 0.25) is 0 Å². The summed E-state index contributed by atoms with van der Waals surface area (Å²) < 4.78 is 27.9. The van der Waals surface area contributed by atoms with E-state index in [1.807, 2.05) is 0 Å². The van der Waals surface area contributed by atoms with Crippen LogP contribution in [0.15, 0.2) is 12.1 Å². The van der Waals surface area contributed by atoms with E-state index in [0.717, 1.165) is 18.9 Å². The highest BCUT2D eigenvalue weighted by atomic mass is 19.1. The van der Waals surface area contributed by atoms with Crippen LogP contribution in [-0.4, -0.2) is 6.04 Å². The highest BCUT2D eigenvalue weighted by molar-refractivity contribution is 5.30. The molecule has 1 N–H and O–H groups in total. The largest absolute Gasteiger partial charge is 0.307 e. The van der Waals surface area contributed by atoms with Crippen LogP contribution in [0.1, 0.15) is 70.0 Å². The maximum absolute atomic E-state index is 14.4. The molecule has 118 valence electrons. The van der Waals surface area contributed by atoms with Crippen LogP contribution in [0.5, 0.6) is 0 Å². The Morgan fingerprint density at radius 1 is 1.05 bits per heavy atom. The van der Waals surface area contributed by atoms with E-state index in [0.29, 0.717) is 11.1 Å². The van der Waals surface area contributed by atoms with Crippen molar-refractivity contribution in [3.63, 3.8) is 0 Å². The first-order chi connectivity index (χ1) is 9.83. The lowest BCUT2D eigenvalue weighted by Gasteiger charge is -2.42. The van der Waals surface area contributed by atoms with Gasteiger partial charge in [-0.05, 0) is 36.8 Å². The average Bonchev–Trinajstić information content (AvgIpc) is 2.41. The van der Waals surface area contributed by atoms with Gasteiger partial charge in [0, 0.05) is 23.7 Å². The lowest BCUT2D eigenvalue weighted by Crippen LogP contribution is -2.41. The molecule has 0 aromatic heterocycles. The minimum absolute atomic E-state index is 0.0353. The van der Waals surface area contributed by atoms with Crippen LogP contribution in [0.3, 0.4) is 0 Å². The zero-order chi connectivity index (χ0) is 15.6. The van der Waals surface area contributed by atoms with Gasteiger partial charge in [0.25, 0.3) is 0 Å². The van der Waals surface area contributed by atoms with Crippen molar-refractivity contribution in [3.8, 4) is 0 Å². The van der Waals surface area contributed by atoms with E-state index in [4.69, 9.17) is 0 Å². The van der Waals surface area contributed by atoms with Gasteiger partial charge in [-0.1, -0.05) is 40.0 Å². The number of benzene rings is 1. The smallest absolute Gasteiger partial charge is 0.130 e. The van der Waals surface area contributed by atoms with E-state index < -0.39 is 11.6 Å². The molecule has 21 heavy (non-hydrogen) atoms. The molecular weight excluding hydrogens is 268 g/mol. The first kappa shape index (κ1) is 16.4. The fourth-order valence-electron chi connectivity index (χ4n) is 3.55. The molecule has 0 bridgehead atoms. The van der Waals surface area contributed by atoms with Crippen LogP contribution >= 0.6 is 0 Å². The Hall–Kier alpha value is -0.960. The maximum atomic E-state index is 14.4. The molecule has 1 saturated carbocycles. The summed E-state index contributed by atoms with van der Waals surface area (Å²) in [4.78, 5) is 0. The Bertz CT molecular complexity index is 490. The minimum Gasteiger partial charge on any atom is -0.307 e. The fraction of sp³-hybridized carbons (Fsp3) is 0.667. The van der Waals surface area contributed by atoms with E-state index in [-0.39, 0.29) is 17.5 Å². The van der Waals surface area contributed by atoms with Crippen molar-refractivity contribution in [1.82, 2.24) is 5.32 Å². The van der Waals surface area contributed by atoms with Crippen molar-refractivity contribution in [3.05, 3.63) is 34.9 Å².